The van der Waals surface area contributed by atoms with Crippen LogP contribution in [0, 0.1) is 6.92 Å². The molecule has 180 valence electrons. The molecule has 0 bridgehead atoms. The lowest BCUT2D eigenvalue weighted by atomic mass is 10.0. The molecule has 0 amide bonds. The van der Waals surface area contributed by atoms with Crippen molar-refractivity contribution >= 4 is 27.2 Å². The Hall–Kier alpha value is -1.47. The van der Waals surface area contributed by atoms with Gasteiger partial charge >= 0.3 is 0 Å². The van der Waals surface area contributed by atoms with Gasteiger partial charge in [0.1, 0.15) is 5.01 Å². The number of nitrogens with one attached hydrogen (secondary N) is 1. The highest BCUT2D eigenvalue weighted by Crippen LogP contribution is 2.22. The van der Waals surface area contributed by atoms with Crippen LogP contribution in [0.15, 0.2) is 24.3 Å². The Labute approximate surface area is 199 Å². The number of hydrogen-bond donors (Lipinski definition) is 1. The lowest BCUT2D eigenvalue weighted by Crippen LogP contribution is -2.16. The molecular weight excluding hydrogens is 438 g/mol. The number of aromatic nitrogens is 2. The standard InChI is InChI=1S/C25H41N3O2S2/c1-3-4-5-6-7-8-9-10-11-12-13-14-15-16-20-32(29,30)28-24-19-17-18-23(21-24)25-26-22(2)31-27-25/h17-19,21,28H,3-16,20H2,1-2H3. The molecule has 0 spiro atoms. The summed E-state index contributed by atoms with van der Waals surface area (Å²) in [5.74, 6) is 0.809. The van der Waals surface area contributed by atoms with Crippen molar-refractivity contribution in [3.63, 3.8) is 0 Å². The fourth-order valence-corrected chi connectivity index (χ4v) is 5.52. The van der Waals surface area contributed by atoms with Gasteiger partial charge in [-0.15, -0.1) is 0 Å². The number of unbranched alkanes of at least 4 members (excludes halogenated alkanes) is 13. The second-order valence-corrected chi connectivity index (χ2v) is 11.5. The van der Waals surface area contributed by atoms with Gasteiger partial charge in [0.05, 0.1) is 5.75 Å². The summed E-state index contributed by atoms with van der Waals surface area (Å²) in [5.41, 5.74) is 1.39. The number of sulfonamides is 1. The molecule has 0 fully saturated rings. The molecule has 7 heteroatoms. The van der Waals surface area contributed by atoms with E-state index < -0.39 is 10.0 Å². The number of anilines is 1. The predicted molar refractivity (Wildman–Crippen MR) is 138 cm³/mol. The third kappa shape index (κ3) is 11.4. The minimum Gasteiger partial charge on any atom is -0.284 e. The number of benzene rings is 1. The van der Waals surface area contributed by atoms with Gasteiger partial charge < -0.3 is 0 Å². The molecule has 5 nitrogen and oxygen atoms in total. The van der Waals surface area contributed by atoms with Crippen LogP contribution >= 0.6 is 11.5 Å². The maximum absolute atomic E-state index is 12.4. The Bertz CT molecular complexity index is 866. The smallest absolute Gasteiger partial charge is 0.232 e. The fraction of sp³-hybridized carbons (Fsp3) is 0.680. The van der Waals surface area contributed by atoms with Crippen molar-refractivity contribution < 1.29 is 8.42 Å². The number of rotatable bonds is 18. The van der Waals surface area contributed by atoms with Gasteiger partial charge in [0.2, 0.25) is 10.0 Å². The van der Waals surface area contributed by atoms with E-state index in [9.17, 15) is 8.42 Å². The van der Waals surface area contributed by atoms with E-state index in [-0.39, 0.29) is 5.75 Å². The van der Waals surface area contributed by atoms with Crippen LogP contribution in [0.1, 0.15) is 102 Å². The van der Waals surface area contributed by atoms with E-state index in [1.807, 2.05) is 19.1 Å². The minimum absolute atomic E-state index is 0.170. The molecule has 2 aromatic rings. The Morgan fingerprint density at radius 2 is 1.41 bits per heavy atom. The molecule has 2 rings (SSSR count). The molecular formula is C25H41N3O2S2. The third-order valence-electron chi connectivity index (χ3n) is 5.69. The SMILES string of the molecule is CCCCCCCCCCCCCCCCS(=O)(=O)Nc1cccc(-c2nsc(C)n2)c1. The molecule has 0 aliphatic rings. The van der Waals surface area contributed by atoms with Crippen molar-refractivity contribution in [2.45, 2.75) is 104 Å². The summed E-state index contributed by atoms with van der Waals surface area (Å²) in [6.45, 7) is 4.17. The van der Waals surface area contributed by atoms with Gasteiger partial charge in [-0.2, -0.15) is 4.37 Å². The van der Waals surface area contributed by atoms with E-state index in [1.54, 1.807) is 12.1 Å². The first kappa shape index (κ1) is 26.8. The molecule has 0 saturated heterocycles. The summed E-state index contributed by atoms with van der Waals surface area (Å²) in [5, 5.41) is 0.892. The first-order chi connectivity index (χ1) is 15.5. The maximum atomic E-state index is 12.4. The molecule has 1 heterocycles. The Morgan fingerprint density at radius 1 is 0.844 bits per heavy atom. The van der Waals surface area contributed by atoms with Gasteiger partial charge in [-0.25, -0.2) is 13.4 Å². The molecule has 0 aliphatic carbocycles. The molecule has 0 saturated carbocycles. The van der Waals surface area contributed by atoms with Crippen LogP contribution in [-0.4, -0.2) is 23.5 Å². The number of aryl methyl sites for hydroxylation is 1. The molecule has 0 unspecified atom stereocenters. The van der Waals surface area contributed by atoms with Gasteiger partial charge in [0, 0.05) is 11.3 Å². The van der Waals surface area contributed by atoms with E-state index in [0.717, 1.165) is 23.4 Å². The Morgan fingerprint density at radius 3 is 1.94 bits per heavy atom. The van der Waals surface area contributed by atoms with Crippen molar-refractivity contribution in [1.82, 2.24) is 9.36 Å². The molecule has 32 heavy (non-hydrogen) atoms. The highest BCUT2D eigenvalue weighted by atomic mass is 32.2. The van der Waals surface area contributed by atoms with Gasteiger partial charge in [0.15, 0.2) is 5.82 Å². The minimum atomic E-state index is -3.33. The topological polar surface area (TPSA) is 72.0 Å². The van der Waals surface area contributed by atoms with E-state index in [0.29, 0.717) is 17.9 Å². The Kier molecular flexibility index (Phi) is 12.9. The zero-order valence-electron chi connectivity index (χ0n) is 19.9. The van der Waals surface area contributed by atoms with Crippen molar-refractivity contribution in [2.75, 3.05) is 10.5 Å². The van der Waals surface area contributed by atoms with Crippen LogP contribution in [0.2, 0.25) is 0 Å². The lowest BCUT2D eigenvalue weighted by molar-refractivity contribution is 0.537. The Balaban J connectivity index is 1.53. The maximum Gasteiger partial charge on any atom is 0.232 e. The predicted octanol–water partition coefficient (Wildman–Crippen LogP) is 7.74. The summed E-state index contributed by atoms with van der Waals surface area (Å²) < 4.78 is 31.9. The van der Waals surface area contributed by atoms with Crippen molar-refractivity contribution in [2.24, 2.45) is 0 Å². The quantitative estimate of drug-likeness (QED) is 0.222. The van der Waals surface area contributed by atoms with Crippen LogP contribution in [0.5, 0.6) is 0 Å². The highest BCUT2D eigenvalue weighted by Gasteiger charge is 2.11. The van der Waals surface area contributed by atoms with Crippen LogP contribution in [0.3, 0.4) is 0 Å². The largest absolute Gasteiger partial charge is 0.284 e. The first-order valence-electron chi connectivity index (χ1n) is 12.4. The molecule has 1 aromatic heterocycles. The first-order valence-corrected chi connectivity index (χ1v) is 14.8. The average Bonchev–Trinajstić information content (AvgIpc) is 3.20. The summed E-state index contributed by atoms with van der Waals surface area (Å²) in [4.78, 5) is 4.37. The monoisotopic (exact) mass is 479 g/mol. The third-order valence-corrected chi connectivity index (χ3v) is 7.68. The van der Waals surface area contributed by atoms with Crippen LogP contribution < -0.4 is 4.72 Å². The van der Waals surface area contributed by atoms with Crippen LogP contribution in [0.4, 0.5) is 5.69 Å². The summed E-state index contributed by atoms with van der Waals surface area (Å²) in [7, 11) is -3.33. The molecule has 0 radical (unpaired) electrons. The zero-order valence-corrected chi connectivity index (χ0v) is 21.6. The molecule has 1 aromatic carbocycles. The summed E-state index contributed by atoms with van der Waals surface area (Å²) in [6, 6.07) is 7.29. The highest BCUT2D eigenvalue weighted by molar-refractivity contribution is 7.92. The van der Waals surface area contributed by atoms with Crippen LogP contribution in [0.25, 0.3) is 11.4 Å². The number of hydrogen-bond acceptors (Lipinski definition) is 5. The molecule has 1 N–H and O–H groups in total. The molecule has 0 atom stereocenters. The lowest BCUT2D eigenvalue weighted by Gasteiger charge is -2.09. The van der Waals surface area contributed by atoms with E-state index >= 15 is 0 Å². The second kappa shape index (κ2) is 15.4. The van der Waals surface area contributed by atoms with Crippen molar-refractivity contribution in [3.05, 3.63) is 29.3 Å². The summed E-state index contributed by atoms with van der Waals surface area (Å²) >= 11 is 1.35. The zero-order chi connectivity index (χ0) is 23.1. The van der Waals surface area contributed by atoms with Gasteiger partial charge in [-0.3, -0.25) is 4.72 Å². The van der Waals surface area contributed by atoms with Gasteiger partial charge in [-0.05, 0) is 37.0 Å². The van der Waals surface area contributed by atoms with Gasteiger partial charge in [-0.1, -0.05) is 103 Å². The van der Waals surface area contributed by atoms with E-state index in [4.69, 9.17) is 0 Å². The normalized spacial score (nSPS) is 11.7. The second-order valence-electron chi connectivity index (χ2n) is 8.73. The average molecular weight is 480 g/mol. The van der Waals surface area contributed by atoms with E-state index in [1.165, 1.54) is 82.2 Å². The van der Waals surface area contributed by atoms with Crippen LogP contribution in [-0.2, 0) is 10.0 Å². The van der Waals surface area contributed by atoms with Crippen molar-refractivity contribution in [3.8, 4) is 11.4 Å². The van der Waals surface area contributed by atoms with Gasteiger partial charge in [0.25, 0.3) is 0 Å². The summed E-state index contributed by atoms with van der Waals surface area (Å²) in [6.07, 6.45) is 17.6. The van der Waals surface area contributed by atoms with E-state index in [2.05, 4.69) is 21.0 Å². The fourth-order valence-electron chi connectivity index (χ4n) is 3.86. The molecule has 0 aliphatic heterocycles. The number of nitrogens with zero attached hydrogens (tertiary/aromatic N) is 2. The van der Waals surface area contributed by atoms with Crippen molar-refractivity contribution in [1.29, 1.82) is 0 Å².